The second-order valence-corrected chi connectivity index (χ2v) is 6.52. The summed E-state index contributed by atoms with van der Waals surface area (Å²) in [6, 6.07) is 6.85. The lowest BCUT2D eigenvalue weighted by molar-refractivity contribution is 0.171. The van der Waals surface area contributed by atoms with Gasteiger partial charge in [0.25, 0.3) is 0 Å². The van der Waals surface area contributed by atoms with Crippen LogP contribution in [-0.2, 0) is 16.4 Å². The van der Waals surface area contributed by atoms with Gasteiger partial charge in [-0.1, -0.05) is 19.1 Å². The summed E-state index contributed by atoms with van der Waals surface area (Å²) in [6.45, 7) is 1.92. The number of aliphatic hydroxyl groups excluding tert-OH is 1. The molecule has 1 aliphatic carbocycles. The fourth-order valence-electron chi connectivity index (χ4n) is 1.71. The van der Waals surface area contributed by atoms with Crippen molar-refractivity contribution in [2.75, 3.05) is 0 Å². The first-order valence-electron chi connectivity index (χ1n) is 6.30. The van der Waals surface area contributed by atoms with Crippen molar-refractivity contribution in [2.45, 2.75) is 49.6 Å². The van der Waals surface area contributed by atoms with E-state index in [1.165, 1.54) is 0 Å². The van der Waals surface area contributed by atoms with Crippen molar-refractivity contribution in [3.05, 3.63) is 29.8 Å². The van der Waals surface area contributed by atoms with Crippen LogP contribution in [0, 0.1) is 0 Å². The van der Waals surface area contributed by atoms with E-state index in [0.29, 0.717) is 17.7 Å². The van der Waals surface area contributed by atoms with Crippen LogP contribution in [0.3, 0.4) is 0 Å². The van der Waals surface area contributed by atoms with Crippen LogP contribution in [0.1, 0.15) is 31.7 Å². The highest BCUT2D eigenvalue weighted by atomic mass is 32.2. The van der Waals surface area contributed by atoms with Gasteiger partial charge in [-0.05, 0) is 43.4 Å². The summed E-state index contributed by atoms with van der Waals surface area (Å²) < 4.78 is 26.5. The van der Waals surface area contributed by atoms with E-state index >= 15 is 0 Å². The van der Waals surface area contributed by atoms with E-state index in [9.17, 15) is 13.5 Å². The summed E-state index contributed by atoms with van der Waals surface area (Å²) in [4.78, 5) is 0.295. The van der Waals surface area contributed by atoms with Crippen LogP contribution in [-0.4, -0.2) is 25.7 Å². The Hall–Kier alpha value is -0.910. The van der Waals surface area contributed by atoms with Crippen molar-refractivity contribution < 1.29 is 13.5 Å². The Kier molecular flexibility index (Phi) is 4.04. The molecule has 1 aromatic carbocycles. The van der Waals surface area contributed by atoms with Gasteiger partial charge in [0.05, 0.1) is 11.0 Å². The molecular formula is C13H19NO3S. The molecule has 0 aromatic heterocycles. The van der Waals surface area contributed by atoms with Gasteiger partial charge in [-0.25, -0.2) is 13.1 Å². The Balaban J connectivity index is 2.06. The van der Waals surface area contributed by atoms with Crippen molar-refractivity contribution in [3.63, 3.8) is 0 Å². The molecule has 1 aromatic rings. The molecule has 0 spiro atoms. The van der Waals surface area contributed by atoms with E-state index in [1.54, 1.807) is 24.3 Å². The van der Waals surface area contributed by atoms with Gasteiger partial charge in [0.1, 0.15) is 0 Å². The molecule has 1 aliphatic rings. The quantitative estimate of drug-likeness (QED) is 0.821. The molecular weight excluding hydrogens is 250 g/mol. The average molecular weight is 269 g/mol. The molecule has 2 N–H and O–H groups in total. The Morgan fingerprint density at radius 2 is 1.94 bits per heavy atom. The first kappa shape index (κ1) is 13.5. The number of hydrogen-bond acceptors (Lipinski definition) is 3. The Morgan fingerprint density at radius 3 is 2.44 bits per heavy atom. The van der Waals surface area contributed by atoms with E-state index < -0.39 is 10.0 Å². The largest absolute Gasteiger partial charge is 0.393 e. The molecule has 0 bridgehead atoms. The lowest BCUT2D eigenvalue weighted by Crippen LogP contribution is -2.25. The third-order valence-electron chi connectivity index (χ3n) is 3.08. The maximum Gasteiger partial charge on any atom is 0.240 e. The highest BCUT2D eigenvalue weighted by Gasteiger charge is 2.27. The molecule has 5 heteroatoms. The predicted molar refractivity (Wildman–Crippen MR) is 69.8 cm³/mol. The number of sulfonamides is 1. The van der Waals surface area contributed by atoms with Crippen LogP contribution in [0.5, 0.6) is 0 Å². The van der Waals surface area contributed by atoms with Crippen LogP contribution in [0.2, 0.25) is 0 Å². The normalized spacial score (nSPS) is 17.7. The van der Waals surface area contributed by atoms with Crippen LogP contribution < -0.4 is 4.72 Å². The summed E-state index contributed by atoms with van der Waals surface area (Å²) in [6.07, 6.45) is 2.76. The van der Waals surface area contributed by atoms with Crippen LogP contribution in [0.15, 0.2) is 29.2 Å². The van der Waals surface area contributed by atoms with Crippen LogP contribution in [0.25, 0.3) is 0 Å². The van der Waals surface area contributed by atoms with E-state index in [-0.39, 0.29) is 12.1 Å². The fraction of sp³-hybridized carbons (Fsp3) is 0.538. The maximum absolute atomic E-state index is 11.9. The zero-order valence-electron chi connectivity index (χ0n) is 10.5. The minimum absolute atomic E-state index is 0.122. The second-order valence-electron chi connectivity index (χ2n) is 4.81. The standard InChI is InChI=1S/C13H19NO3S/c1-2-12(15)9-10-3-7-13(8-4-10)18(16,17)14-11-5-6-11/h3-4,7-8,11-12,14-15H,2,5-6,9H2,1H3. The summed E-state index contributed by atoms with van der Waals surface area (Å²) >= 11 is 0. The highest BCUT2D eigenvalue weighted by molar-refractivity contribution is 7.89. The summed E-state index contributed by atoms with van der Waals surface area (Å²) in [7, 11) is -3.36. The Labute approximate surface area is 108 Å². The molecule has 0 heterocycles. The minimum Gasteiger partial charge on any atom is -0.393 e. The molecule has 1 saturated carbocycles. The van der Waals surface area contributed by atoms with E-state index in [1.807, 2.05) is 6.92 Å². The SMILES string of the molecule is CCC(O)Cc1ccc(S(=O)(=O)NC2CC2)cc1. The van der Waals surface area contributed by atoms with Gasteiger partial charge in [0.2, 0.25) is 10.0 Å². The van der Waals surface area contributed by atoms with Crippen molar-refractivity contribution in [1.29, 1.82) is 0 Å². The summed E-state index contributed by atoms with van der Waals surface area (Å²) in [5.41, 5.74) is 0.953. The van der Waals surface area contributed by atoms with Crippen molar-refractivity contribution >= 4 is 10.0 Å². The predicted octanol–water partition coefficient (Wildman–Crippen LogP) is 1.44. The molecule has 1 fully saturated rings. The van der Waals surface area contributed by atoms with Gasteiger partial charge in [-0.15, -0.1) is 0 Å². The van der Waals surface area contributed by atoms with Gasteiger partial charge in [-0.3, -0.25) is 0 Å². The third-order valence-corrected chi connectivity index (χ3v) is 4.61. The highest BCUT2D eigenvalue weighted by Crippen LogP contribution is 2.22. The Bertz CT molecular complexity index is 491. The number of benzene rings is 1. The zero-order valence-corrected chi connectivity index (χ0v) is 11.3. The first-order valence-corrected chi connectivity index (χ1v) is 7.79. The number of nitrogens with one attached hydrogen (secondary N) is 1. The summed E-state index contributed by atoms with van der Waals surface area (Å²) in [5, 5.41) is 9.54. The minimum atomic E-state index is -3.36. The van der Waals surface area contributed by atoms with Crippen LogP contribution >= 0.6 is 0 Å². The zero-order chi connectivity index (χ0) is 13.2. The van der Waals surface area contributed by atoms with Gasteiger partial charge >= 0.3 is 0 Å². The van der Waals surface area contributed by atoms with E-state index in [2.05, 4.69) is 4.72 Å². The molecule has 2 rings (SSSR count). The number of hydrogen-bond donors (Lipinski definition) is 2. The number of rotatable bonds is 6. The molecule has 100 valence electrons. The van der Waals surface area contributed by atoms with E-state index in [4.69, 9.17) is 0 Å². The van der Waals surface area contributed by atoms with Gasteiger partial charge in [0.15, 0.2) is 0 Å². The topological polar surface area (TPSA) is 66.4 Å². The summed E-state index contributed by atoms with van der Waals surface area (Å²) in [5.74, 6) is 0. The molecule has 18 heavy (non-hydrogen) atoms. The van der Waals surface area contributed by atoms with Crippen molar-refractivity contribution in [3.8, 4) is 0 Å². The van der Waals surface area contributed by atoms with Crippen LogP contribution in [0.4, 0.5) is 0 Å². The monoisotopic (exact) mass is 269 g/mol. The molecule has 0 saturated heterocycles. The average Bonchev–Trinajstić information content (AvgIpc) is 3.13. The molecule has 4 nitrogen and oxygen atoms in total. The van der Waals surface area contributed by atoms with Crippen molar-refractivity contribution in [2.24, 2.45) is 0 Å². The molecule has 1 atom stereocenters. The number of aliphatic hydroxyl groups is 1. The van der Waals surface area contributed by atoms with Gasteiger partial charge in [0, 0.05) is 6.04 Å². The fourth-order valence-corrected chi connectivity index (χ4v) is 3.01. The lowest BCUT2D eigenvalue weighted by atomic mass is 10.1. The smallest absolute Gasteiger partial charge is 0.240 e. The van der Waals surface area contributed by atoms with Gasteiger partial charge < -0.3 is 5.11 Å². The molecule has 1 unspecified atom stereocenters. The lowest BCUT2D eigenvalue weighted by Gasteiger charge is -2.09. The second kappa shape index (κ2) is 5.38. The Morgan fingerprint density at radius 1 is 1.33 bits per heavy atom. The first-order chi connectivity index (χ1) is 8.51. The van der Waals surface area contributed by atoms with Gasteiger partial charge in [-0.2, -0.15) is 0 Å². The van der Waals surface area contributed by atoms with E-state index in [0.717, 1.165) is 18.4 Å². The van der Waals surface area contributed by atoms with Crippen molar-refractivity contribution in [1.82, 2.24) is 4.72 Å². The third kappa shape index (κ3) is 3.54. The molecule has 0 amide bonds. The molecule has 0 aliphatic heterocycles. The maximum atomic E-state index is 11.9. The molecule has 0 radical (unpaired) electrons.